The highest BCUT2D eigenvalue weighted by Gasteiger charge is 1.95. The summed E-state index contributed by atoms with van der Waals surface area (Å²) in [5.74, 6) is -0.631. The van der Waals surface area contributed by atoms with Crippen molar-refractivity contribution in [1.82, 2.24) is 0 Å². The molecule has 0 aliphatic carbocycles. The fourth-order valence-corrected chi connectivity index (χ4v) is 1.48. The maximum Gasteiger partial charge on any atom is 0.330 e. The molecule has 0 aromatic heterocycles. The predicted molar refractivity (Wildman–Crippen MR) is 71.5 cm³/mol. The van der Waals surface area contributed by atoms with Crippen molar-refractivity contribution < 1.29 is 24.2 Å². The Hall–Kier alpha value is -1.36. The minimum atomic E-state index is -0.407. The molecule has 110 valence electrons. The minimum absolute atomic E-state index is 0.0471. The highest BCUT2D eigenvalue weighted by Crippen LogP contribution is 2.06. The maximum absolute atomic E-state index is 11.0. The van der Waals surface area contributed by atoms with E-state index in [1.165, 1.54) is 13.0 Å². The Balaban J connectivity index is 3.24. The molecule has 0 aromatic rings. The highest BCUT2D eigenvalue weighted by molar-refractivity contribution is 5.81. The SMILES string of the molecule is CC(=O)OCCCCCCC/C=C/C(=O)OCCO. The van der Waals surface area contributed by atoms with Crippen LogP contribution >= 0.6 is 0 Å². The number of aliphatic hydroxyl groups is 1. The van der Waals surface area contributed by atoms with E-state index in [9.17, 15) is 9.59 Å². The van der Waals surface area contributed by atoms with E-state index in [1.807, 2.05) is 0 Å². The van der Waals surface area contributed by atoms with Crippen molar-refractivity contribution >= 4 is 11.9 Å². The first-order valence-electron chi connectivity index (χ1n) is 6.74. The van der Waals surface area contributed by atoms with Crippen LogP contribution in [-0.4, -0.2) is 36.9 Å². The number of hydrogen-bond donors (Lipinski definition) is 1. The molecule has 0 atom stereocenters. The number of carbonyl (C=O) groups is 2. The Morgan fingerprint density at radius 2 is 1.68 bits per heavy atom. The van der Waals surface area contributed by atoms with Crippen LogP contribution in [0.5, 0.6) is 0 Å². The first-order chi connectivity index (χ1) is 9.16. The molecule has 0 unspecified atom stereocenters. The number of aliphatic hydroxyl groups excluding tert-OH is 1. The smallest absolute Gasteiger partial charge is 0.330 e. The summed E-state index contributed by atoms with van der Waals surface area (Å²) in [7, 11) is 0. The van der Waals surface area contributed by atoms with Crippen LogP contribution in [0.25, 0.3) is 0 Å². The van der Waals surface area contributed by atoms with Crippen molar-refractivity contribution in [3.8, 4) is 0 Å². The molecule has 0 aliphatic rings. The van der Waals surface area contributed by atoms with Gasteiger partial charge in [-0.1, -0.05) is 25.3 Å². The molecule has 0 saturated carbocycles. The Bertz CT molecular complexity index is 273. The van der Waals surface area contributed by atoms with Crippen LogP contribution in [-0.2, 0) is 19.1 Å². The first kappa shape index (κ1) is 17.6. The van der Waals surface area contributed by atoms with E-state index in [0.29, 0.717) is 6.61 Å². The fraction of sp³-hybridized carbons (Fsp3) is 0.714. The lowest BCUT2D eigenvalue weighted by Gasteiger charge is -2.01. The molecule has 0 amide bonds. The lowest BCUT2D eigenvalue weighted by Crippen LogP contribution is -2.04. The molecule has 0 fully saturated rings. The van der Waals surface area contributed by atoms with Gasteiger partial charge in [0.1, 0.15) is 6.61 Å². The van der Waals surface area contributed by atoms with Crippen molar-refractivity contribution in [1.29, 1.82) is 0 Å². The van der Waals surface area contributed by atoms with Gasteiger partial charge in [-0.2, -0.15) is 0 Å². The molecule has 0 heterocycles. The molecule has 0 rings (SSSR count). The molecule has 0 aromatic carbocycles. The molecule has 0 bridgehead atoms. The normalized spacial score (nSPS) is 10.6. The third-order valence-corrected chi connectivity index (χ3v) is 2.41. The van der Waals surface area contributed by atoms with Gasteiger partial charge in [0.25, 0.3) is 0 Å². The number of rotatable bonds is 11. The van der Waals surface area contributed by atoms with E-state index in [1.54, 1.807) is 6.08 Å². The zero-order chi connectivity index (χ0) is 14.3. The summed E-state index contributed by atoms with van der Waals surface area (Å²) in [6, 6.07) is 0. The molecule has 0 radical (unpaired) electrons. The third-order valence-electron chi connectivity index (χ3n) is 2.41. The summed E-state index contributed by atoms with van der Waals surface area (Å²) in [6.45, 7) is 1.82. The van der Waals surface area contributed by atoms with Crippen molar-refractivity contribution in [3.63, 3.8) is 0 Å². The molecular weight excluding hydrogens is 248 g/mol. The van der Waals surface area contributed by atoms with Crippen molar-refractivity contribution in [2.24, 2.45) is 0 Å². The van der Waals surface area contributed by atoms with Gasteiger partial charge in [-0.3, -0.25) is 4.79 Å². The lowest BCUT2D eigenvalue weighted by atomic mass is 10.1. The van der Waals surface area contributed by atoms with Gasteiger partial charge in [-0.25, -0.2) is 4.79 Å². The Labute approximate surface area is 114 Å². The summed E-state index contributed by atoms with van der Waals surface area (Å²) in [6.07, 6.45) is 9.21. The molecule has 0 saturated heterocycles. The second-order valence-corrected chi connectivity index (χ2v) is 4.19. The molecule has 1 N–H and O–H groups in total. The van der Waals surface area contributed by atoms with Crippen LogP contribution in [0.2, 0.25) is 0 Å². The summed E-state index contributed by atoms with van der Waals surface area (Å²) < 4.78 is 9.49. The van der Waals surface area contributed by atoms with Crippen LogP contribution < -0.4 is 0 Å². The van der Waals surface area contributed by atoms with Crippen LogP contribution in [0.15, 0.2) is 12.2 Å². The van der Waals surface area contributed by atoms with Crippen LogP contribution in [0.1, 0.15) is 45.4 Å². The van der Waals surface area contributed by atoms with Gasteiger partial charge in [0, 0.05) is 13.0 Å². The van der Waals surface area contributed by atoms with Gasteiger partial charge in [-0.15, -0.1) is 0 Å². The number of ether oxygens (including phenoxy) is 2. The van der Waals surface area contributed by atoms with Crippen LogP contribution in [0.4, 0.5) is 0 Å². The summed E-state index contributed by atoms with van der Waals surface area (Å²) in [5.41, 5.74) is 0. The van der Waals surface area contributed by atoms with Gasteiger partial charge >= 0.3 is 11.9 Å². The zero-order valence-corrected chi connectivity index (χ0v) is 11.6. The van der Waals surface area contributed by atoms with Gasteiger partial charge < -0.3 is 14.6 Å². The number of allylic oxidation sites excluding steroid dienone is 1. The van der Waals surface area contributed by atoms with E-state index in [-0.39, 0.29) is 19.2 Å². The van der Waals surface area contributed by atoms with E-state index >= 15 is 0 Å². The fourth-order valence-electron chi connectivity index (χ4n) is 1.48. The van der Waals surface area contributed by atoms with E-state index in [2.05, 4.69) is 4.74 Å². The Morgan fingerprint density at radius 3 is 2.37 bits per heavy atom. The molecule has 0 spiro atoms. The number of hydrogen-bond acceptors (Lipinski definition) is 5. The number of carbonyl (C=O) groups excluding carboxylic acids is 2. The van der Waals surface area contributed by atoms with Gasteiger partial charge in [-0.05, 0) is 19.3 Å². The Morgan fingerprint density at radius 1 is 1.00 bits per heavy atom. The molecule has 19 heavy (non-hydrogen) atoms. The molecular formula is C14H24O5. The highest BCUT2D eigenvalue weighted by atomic mass is 16.5. The van der Waals surface area contributed by atoms with E-state index < -0.39 is 5.97 Å². The summed E-state index contributed by atoms with van der Waals surface area (Å²) >= 11 is 0. The van der Waals surface area contributed by atoms with Gasteiger partial charge in [0.05, 0.1) is 13.2 Å². The minimum Gasteiger partial charge on any atom is -0.466 e. The molecule has 0 aliphatic heterocycles. The van der Waals surface area contributed by atoms with E-state index in [0.717, 1.165) is 38.5 Å². The lowest BCUT2D eigenvalue weighted by molar-refractivity contribution is -0.141. The van der Waals surface area contributed by atoms with Gasteiger partial charge in [0.15, 0.2) is 0 Å². The second-order valence-electron chi connectivity index (χ2n) is 4.19. The standard InChI is InChI=1S/C14H24O5/c1-13(16)18-11-8-6-4-2-3-5-7-9-14(17)19-12-10-15/h7,9,15H,2-6,8,10-12H2,1H3/b9-7+. The quantitative estimate of drug-likeness (QED) is 0.354. The number of unbranched alkanes of at least 4 members (excludes halogenated alkanes) is 5. The topological polar surface area (TPSA) is 72.8 Å². The average Bonchev–Trinajstić information content (AvgIpc) is 2.38. The largest absolute Gasteiger partial charge is 0.466 e. The monoisotopic (exact) mass is 272 g/mol. The third kappa shape index (κ3) is 14.6. The van der Waals surface area contributed by atoms with E-state index in [4.69, 9.17) is 9.84 Å². The molecule has 5 heteroatoms. The average molecular weight is 272 g/mol. The first-order valence-corrected chi connectivity index (χ1v) is 6.74. The van der Waals surface area contributed by atoms with Gasteiger partial charge in [0.2, 0.25) is 0 Å². The van der Waals surface area contributed by atoms with Crippen LogP contribution in [0.3, 0.4) is 0 Å². The zero-order valence-electron chi connectivity index (χ0n) is 11.6. The molecule has 5 nitrogen and oxygen atoms in total. The number of esters is 2. The van der Waals surface area contributed by atoms with Crippen LogP contribution in [0, 0.1) is 0 Å². The maximum atomic E-state index is 11.0. The summed E-state index contributed by atoms with van der Waals surface area (Å²) in [5, 5.41) is 8.45. The van der Waals surface area contributed by atoms with Crippen molar-refractivity contribution in [3.05, 3.63) is 12.2 Å². The van der Waals surface area contributed by atoms with Crippen molar-refractivity contribution in [2.45, 2.75) is 45.4 Å². The predicted octanol–water partition coefficient (Wildman–Crippen LogP) is 1.98. The summed E-state index contributed by atoms with van der Waals surface area (Å²) in [4.78, 5) is 21.5. The Kier molecular flexibility index (Phi) is 12.1. The van der Waals surface area contributed by atoms with Crippen molar-refractivity contribution in [2.75, 3.05) is 19.8 Å². The second kappa shape index (κ2) is 13.1.